The van der Waals surface area contributed by atoms with Crippen molar-refractivity contribution in [3.63, 3.8) is 0 Å². The van der Waals surface area contributed by atoms with Gasteiger partial charge < -0.3 is 9.30 Å². The first-order valence-corrected chi connectivity index (χ1v) is 10.7. The minimum Gasteiger partial charge on any atom is -0.462 e. The Bertz CT molecular complexity index is 1080. The molecular weight excluding hydrogens is 447 g/mol. The molecule has 0 bridgehead atoms. The van der Waals surface area contributed by atoms with Gasteiger partial charge in [-0.1, -0.05) is 23.2 Å². The molecule has 0 atom stereocenters. The fourth-order valence-corrected chi connectivity index (χ4v) is 4.50. The lowest BCUT2D eigenvalue weighted by molar-refractivity contribution is -0.149. The van der Waals surface area contributed by atoms with Crippen LogP contribution in [0.25, 0.3) is 11.8 Å². The number of hydrogen-bond donors (Lipinski definition) is 0. The van der Waals surface area contributed by atoms with Gasteiger partial charge in [-0.15, -0.1) is 0 Å². The van der Waals surface area contributed by atoms with Crippen LogP contribution in [0.4, 0.5) is 4.79 Å². The van der Waals surface area contributed by atoms with E-state index in [0.717, 1.165) is 39.3 Å². The maximum absolute atomic E-state index is 12.7. The van der Waals surface area contributed by atoms with Gasteiger partial charge in [-0.25, -0.2) is 0 Å². The van der Waals surface area contributed by atoms with Gasteiger partial charge in [0.05, 0.1) is 21.7 Å². The van der Waals surface area contributed by atoms with Crippen molar-refractivity contribution in [2.24, 2.45) is 0 Å². The van der Waals surface area contributed by atoms with Gasteiger partial charge in [0.15, 0.2) is 0 Å². The second kappa shape index (κ2) is 8.88. The maximum atomic E-state index is 12.7. The van der Waals surface area contributed by atoms with E-state index in [2.05, 4.69) is 0 Å². The van der Waals surface area contributed by atoms with E-state index in [9.17, 15) is 14.4 Å². The van der Waals surface area contributed by atoms with E-state index in [0.29, 0.717) is 10.0 Å². The lowest BCUT2D eigenvalue weighted by Gasteiger charge is -2.13. The van der Waals surface area contributed by atoms with E-state index in [4.69, 9.17) is 27.9 Å². The van der Waals surface area contributed by atoms with Gasteiger partial charge in [0.2, 0.25) is 0 Å². The number of ether oxygens (including phenoxy) is 1. The average Bonchev–Trinajstić information content (AvgIpc) is 3.05. The second-order valence-electron chi connectivity index (χ2n) is 7.06. The van der Waals surface area contributed by atoms with Crippen LogP contribution in [0, 0.1) is 13.8 Å². The highest BCUT2D eigenvalue weighted by molar-refractivity contribution is 8.18. The molecule has 2 amide bonds. The predicted octanol–water partition coefficient (Wildman–Crippen LogP) is 5.39. The molecule has 0 radical (unpaired) electrons. The van der Waals surface area contributed by atoms with Crippen LogP contribution in [0.15, 0.2) is 29.2 Å². The molecule has 1 aliphatic rings. The zero-order chi connectivity index (χ0) is 22.2. The Kier molecular flexibility index (Phi) is 6.65. The number of amides is 2. The van der Waals surface area contributed by atoms with Crippen molar-refractivity contribution in [1.29, 1.82) is 0 Å². The molecule has 0 spiro atoms. The Morgan fingerprint density at radius 3 is 2.53 bits per heavy atom. The van der Waals surface area contributed by atoms with Crippen molar-refractivity contribution in [2.75, 3.05) is 6.54 Å². The number of imide groups is 1. The van der Waals surface area contributed by atoms with Crippen molar-refractivity contribution in [3.8, 4) is 5.69 Å². The van der Waals surface area contributed by atoms with Crippen LogP contribution < -0.4 is 0 Å². The standard InChI is InChI=1S/C21H20Cl2N2O4S/c1-11(2)29-19(26)10-24-20(27)18(30-21(24)28)8-14-7-12(3)25(13(14)4)17-6-5-15(22)9-16(17)23/h5-9,11H,10H2,1-4H3/b18-8+. The molecule has 1 fully saturated rings. The van der Waals surface area contributed by atoms with Gasteiger partial charge in [0.1, 0.15) is 6.54 Å². The second-order valence-corrected chi connectivity index (χ2v) is 8.90. The molecule has 0 N–H and O–H groups in total. The highest BCUT2D eigenvalue weighted by atomic mass is 35.5. The number of benzene rings is 1. The molecule has 30 heavy (non-hydrogen) atoms. The summed E-state index contributed by atoms with van der Waals surface area (Å²) in [5, 5.41) is 0.539. The Labute approximate surface area is 188 Å². The fraction of sp³-hybridized carbons (Fsp3) is 0.286. The fourth-order valence-electron chi connectivity index (χ4n) is 3.17. The maximum Gasteiger partial charge on any atom is 0.326 e. The van der Waals surface area contributed by atoms with Crippen LogP contribution >= 0.6 is 35.0 Å². The third-order valence-corrected chi connectivity index (χ3v) is 5.88. The molecule has 2 aromatic rings. The van der Waals surface area contributed by atoms with E-state index in [1.165, 1.54) is 0 Å². The van der Waals surface area contributed by atoms with E-state index in [1.807, 2.05) is 30.5 Å². The minimum absolute atomic E-state index is 0.250. The van der Waals surface area contributed by atoms with E-state index in [-0.39, 0.29) is 11.0 Å². The summed E-state index contributed by atoms with van der Waals surface area (Å²) in [6.07, 6.45) is 1.33. The van der Waals surface area contributed by atoms with Crippen molar-refractivity contribution in [1.82, 2.24) is 9.47 Å². The number of aryl methyl sites for hydroxylation is 1. The van der Waals surface area contributed by atoms with Gasteiger partial charge >= 0.3 is 5.97 Å². The summed E-state index contributed by atoms with van der Waals surface area (Å²) in [5.41, 5.74) is 3.29. The largest absolute Gasteiger partial charge is 0.462 e. The third-order valence-electron chi connectivity index (χ3n) is 4.44. The summed E-state index contributed by atoms with van der Waals surface area (Å²) in [6.45, 7) is 6.82. The van der Waals surface area contributed by atoms with E-state index < -0.39 is 23.7 Å². The first-order chi connectivity index (χ1) is 14.1. The summed E-state index contributed by atoms with van der Waals surface area (Å²) in [6, 6.07) is 7.14. The molecule has 1 saturated heterocycles. The SMILES string of the molecule is Cc1cc(/C=C2/SC(=O)N(CC(=O)OC(C)C)C2=O)c(C)n1-c1ccc(Cl)cc1Cl. The van der Waals surface area contributed by atoms with Crippen molar-refractivity contribution in [3.05, 3.63) is 56.2 Å². The van der Waals surface area contributed by atoms with Crippen molar-refractivity contribution in [2.45, 2.75) is 33.8 Å². The summed E-state index contributed by atoms with van der Waals surface area (Å²) >= 11 is 13.2. The van der Waals surface area contributed by atoms with Gasteiger partial charge in [0, 0.05) is 16.4 Å². The molecule has 0 saturated carbocycles. The molecule has 2 heterocycles. The Morgan fingerprint density at radius 2 is 1.90 bits per heavy atom. The van der Waals surface area contributed by atoms with Gasteiger partial charge in [-0.2, -0.15) is 0 Å². The monoisotopic (exact) mass is 466 g/mol. The molecule has 1 aliphatic heterocycles. The Balaban J connectivity index is 1.90. The molecule has 3 rings (SSSR count). The molecular formula is C21H20Cl2N2O4S. The number of rotatable bonds is 5. The van der Waals surface area contributed by atoms with Crippen LogP contribution in [-0.2, 0) is 14.3 Å². The number of hydrogen-bond acceptors (Lipinski definition) is 5. The molecule has 1 aromatic heterocycles. The third kappa shape index (κ3) is 4.58. The quantitative estimate of drug-likeness (QED) is 0.436. The number of halogens is 2. The first kappa shape index (κ1) is 22.5. The van der Waals surface area contributed by atoms with Crippen LogP contribution in [-0.4, -0.2) is 39.2 Å². The van der Waals surface area contributed by atoms with Crippen LogP contribution in [0.3, 0.4) is 0 Å². The minimum atomic E-state index is -0.621. The number of nitrogens with zero attached hydrogens (tertiary/aromatic N) is 2. The topological polar surface area (TPSA) is 68.6 Å². The lowest BCUT2D eigenvalue weighted by Crippen LogP contribution is -2.35. The van der Waals surface area contributed by atoms with Crippen LogP contribution in [0.5, 0.6) is 0 Å². The van der Waals surface area contributed by atoms with Gasteiger partial charge in [-0.3, -0.25) is 19.3 Å². The lowest BCUT2D eigenvalue weighted by atomic mass is 10.2. The predicted molar refractivity (Wildman–Crippen MR) is 119 cm³/mol. The summed E-state index contributed by atoms with van der Waals surface area (Å²) in [7, 11) is 0. The van der Waals surface area contributed by atoms with Crippen LogP contribution in [0.1, 0.15) is 30.8 Å². The van der Waals surface area contributed by atoms with E-state index >= 15 is 0 Å². The summed E-state index contributed by atoms with van der Waals surface area (Å²) in [5.74, 6) is -1.14. The zero-order valence-electron chi connectivity index (χ0n) is 16.9. The van der Waals surface area contributed by atoms with Crippen LogP contribution in [0.2, 0.25) is 10.0 Å². The molecule has 158 valence electrons. The first-order valence-electron chi connectivity index (χ1n) is 9.17. The number of thioether (sulfide) groups is 1. The molecule has 6 nitrogen and oxygen atoms in total. The Morgan fingerprint density at radius 1 is 1.20 bits per heavy atom. The summed E-state index contributed by atoms with van der Waals surface area (Å²) < 4.78 is 6.98. The zero-order valence-corrected chi connectivity index (χ0v) is 19.2. The number of aromatic nitrogens is 1. The van der Waals surface area contributed by atoms with Gasteiger partial charge in [0.25, 0.3) is 11.1 Å². The molecule has 9 heteroatoms. The molecule has 1 aromatic carbocycles. The summed E-state index contributed by atoms with van der Waals surface area (Å²) in [4.78, 5) is 37.9. The highest BCUT2D eigenvalue weighted by Gasteiger charge is 2.37. The number of carbonyl (C=O) groups is 3. The average molecular weight is 467 g/mol. The van der Waals surface area contributed by atoms with E-state index in [1.54, 1.807) is 32.1 Å². The van der Waals surface area contributed by atoms with Crippen molar-refractivity contribution >= 4 is 58.2 Å². The number of esters is 1. The smallest absolute Gasteiger partial charge is 0.326 e. The molecule has 0 aliphatic carbocycles. The number of carbonyl (C=O) groups excluding carboxylic acids is 3. The van der Waals surface area contributed by atoms with Gasteiger partial charge in [-0.05, 0) is 75.4 Å². The van der Waals surface area contributed by atoms with Crippen molar-refractivity contribution < 1.29 is 19.1 Å². The normalized spacial score (nSPS) is 15.6. The highest BCUT2D eigenvalue weighted by Crippen LogP contribution is 2.34. The Hall–Kier alpha value is -2.22. The molecule has 0 unspecified atom stereocenters.